The first-order chi connectivity index (χ1) is 27.7. The molecule has 12 nitrogen and oxygen atoms in total. The van der Waals surface area contributed by atoms with Gasteiger partial charge >= 0.3 is 17.9 Å². The lowest BCUT2D eigenvalue weighted by molar-refractivity contribution is -0.133. The standard InChI is InChI=1S/3C12H24O2.C4H6O2.2C3H4O2/c3*13-10-12(11-14)8-6-4-2-1-3-5-7-9-12;1-3(2)4(5)6;2*1-2-3(4)5/h3*13-14H,1-11H2;1H2,2H3,(H,5,6);2*2H,1H2,(H,4,5). The van der Waals surface area contributed by atoms with Crippen molar-refractivity contribution < 1.29 is 60.3 Å². The summed E-state index contributed by atoms with van der Waals surface area (Å²) >= 11 is 0. The molecule has 0 aliphatic heterocycles. The zero-order valence-electron chi connectivity index (χ0n) is 36.4. The van der Waals surface area contributed by atoms with Crippen molar-refractivity contribution >= 4 is 17.9 Å². The fourth-order valence-electron chi connectivity index (χ4n) is 7.13. The summed E-state index contributed by atoms with van der Waals surface area (Å²) in [7, 11) is 0. The van der Waals surface area contributed by atoms with Crippen LogP contribution in [-0.2, 0) is 14.4 Å². The maximum Gasteiger partial charge on any atom is 0.330 e. The van der Waals surface area contributed by atoms with E-state index in [4.69, 9.17) is 15.3 Å². The Balaban J connectivity index is -0.000000661. The Labute approximate surface area is 351 Å². The highest BCUT2D eigenvalue weighted by molar-refractivity contribution is 5.84. The van der Waals surface area contributed by atoms with Gasteiger partial charge in [-0.2, -0.15) is 0 Å². The Kier molecular flexibility index (Phi) is 41.0. The molecule has 342 valence electrons. The predicted octanol–water partition coefficient (Wildman–Crippen LogP) is 8.61. The third-order valence-electron chi connectivity index (χ3n) is 11.5. The van der Waals surface area contributed by atoms with Crippen molar-refractivity contribution in [2.24, 2.45) is 16.2 Å². The Bertz CT molecular complexity index is 885. The summed E-state index contributed by atoms with van der Waals surface area (Å²) in [4.78, 5) is 28.1. The minimum atomic E-state index is -0.981. The van der Waals surface area contributed by atoms with E-state index < -0.39 is 17.9 Å². The number of hydrogen-bond acceptors (Lipinski definition) is 9. The summed E-state index contributed by atoms with van der Waals surface area (Å²) in [5, 5.41) is 79.3. The lowest BCUT2D eigenvalue weighted by Gasteiger charge is -2.30. The van der Waals surface area contributed by atoms with Gasteiger partial charge in [0, 0.05) is 34.0 Å². The molecule has 0 unspecified atom stereocenters. The molecule has 3 fully saturated rings. The highest BCUT2D eigenvalue weighted by Gasteiger charge is 2.29. The predicted molar refractivity (Wildman–Crippen MR) is 233 cm³/mol. The van der Waals surface area contributed by atoms with Gasteiger partial charge in [0.15, 0.2) is 0 Å². The Morgan fingerprint density at radius 1 is 0.397 bits per heavy atom. The maximum atomic E-state index is 9.60. The second-order valence-electron chi connectivity index (χ2n) is 16.5. The molecule has 58 heavy (non-hydrogen) atoms. The summed E-state index contributed by atoms with van der Waals surface area (Å²) in [6.45, 7) is 11.5. The molecule has 0 amide bonds. The van der Waals surface area contributed by atoms with E-state index in [-0.39, 0.29) is 61.5 Å². The largest absolute Gasteiger partial charge is 0.478 e. The quantitative estimate of drug-likeness (QED) is 0.0994. The van der Waals surface area contributed by atoms with Gasteiger partial charge in [0.2, 0.25) is 0 Å². The first-order valence-electron chi connectivity index (χ1n) is 21.9. The van der Waals surface area contributed by atoms with Gasteiger partial charge in [-0.05, 0) is 45.4 Å². The molecule has 3 saturated carbocycles. The van der Waals surface area contributed by atoms with Crippen LogP contribution in [0.25, 0.3) is 0 Å². The van der Waals surface area contributed by atoms with Crippen LogP contribution in [0.2, 0.25) is 0 Å². The Morgan fingerprint density at radius 2 is 0.517 bits per heavy atom. The molecule has 0 bridgehead atoms. The van der Waals surface area contributed by atoms with E-state index in [1.807, 2.05) is 0 Å². The number of carboxylic acids is 3. The molecule has 3 aliphatic rings. The van der Waals surface area contributed by atoms with Crippen molar-refractivity contribution in [1.82, 2.24) is 0 Å². The highest BCUT2D eigenvalue weighted by atomic mass is 16.4. The fourth-order valence-corrected chi connectivity index (χ4v) is 7.13. The lowest BCUT2D eigenvalue weighted by atomic mass is 9.78. The number of aliphatic hydroxyl groups excluding tert-OH is 6. The fraction of sp³-hybridized carbons (Fsp3) is 0.804. The molecule has 0 atom stereocenters. The monoisotopic (exact) mass is 831 g/mol. The van der Waals surface area contributed by atoms with Crippen molar-refractivity contribution in [3.8, 4) is 0 Å². The molecule has 0 aromatic heterocycles. The SMILES string of the molecule is C=C(C)C(=O)O.C=CC(=O)O.C=CC(=O)O.OCC1(CO)CCCCCCCCC1.OCC1(CO)CCCCCCCCC1.OCC1(CO)CCCCCCCCC1. The zero-order valence-corrected chi connectivity index (χ0v) is 36.4. The van der Waals surface area contributed by atoms with Crippen LogP contribution in [0, 0.1) is 16.2 Å². The molecule has 0 spiro atoms. The van der Waals surface area contributed by atoms with Gasteiger partial charge in [0.25, 0.3) is 0 Å². The van der Waals surface area contributed by atoms with E-state index in [2.05, 4.69) is 19.7 Å². The molecule has 0 aromatic rings. The zero-order chi connectivity index (χ0) is 44.6. The Hall–Kier alpha value is -2.61. The molecule has 0 radical (unpaired) electrons. The van der Waals surface area contributed by atoms with Crippen LogP contribution in [0.4, 0.5) is 0 Å². The van der Waals surface area contributed by atoms with E-state index in [0.717, 1.165) is 50.7 Å². The first kappa shape index (κ1) is 59.7. The van der Waals surface area contributed by atoms with Crippen LogP contribution in [0.3, 0.4) is 0 Å². The van der Waals surface area contributed by atoms with Gasteiger partial charge in [0.05, 0.1) is 39.6 Å². The van der Waals surface area contributed by atoms with Gasteiger partial charge in [0.1, 0.15) is 0 Å². The second kappa shape index (κ2) is 39.8. The van der Waals surface area contributed by atoms with Gasteiger partial charge in [-0.1, -0.05) is 155 Å². The molecular formula is C46H86O12. The molecule has 0 aromatic carbocycles. The van der Waals surface area contributed by atoms with Gasteiger partial charge in [-0.25, -0.2) is 14.4 Å². The number of aliphatic carboxylic acids is 3. The smallest absolute Gasteiger partial charge is 0.330 e. The van der Waals surface area contributed by atoms with Gasteiger partial charge in [-0.3, -0.25) is 0 Å². The van der Waals surface area contributed by atoms with Crippen molar-refractivity contribution in [1.29, 1.82) is 0 Å². The van der Waals surface area contributed by atoms with Crippen LogP contribution in [0.5, 0.6) is 0 Å². The average molecular weight is 831 g/mol. The van der Waals surface area contributed by atoms with Crippen molar-refractivity contribution in [2.45, 2.75) is 180 Å². The molecule has 3 rings (SSSR count). The summed E-state index contributed by atoms with van der Waals surface area (Å²) in [6.07, 6.45) is 34.3. The van der Waals surface area contributed by atoms with Crippen LogP contribution in [0.15, 0.2) is 37.5 Å². The molecule has 9 N–H and O–H groups in total. The van der Waals surface area contributed by atoms with Crippen LogP contribution in [-0.4, -0.2) is 104 Å². The highest BCUT2D eigenvalue weighted by Crippen LogP contribution is 2.34. The molecular weight excluding hydrogens is 744 g/mol. The van der Waals surface area contributed by atoms with Crippen LogP contribution < -0.4 is 0 Å². The summed E-state index contributed by atoms with van der Waals surface area (Å²) in [5.74, 6) is -2.90. The van der Waals surface area contributed by atoms with Crippen molar-refractivity contribution in [3.05, 3.63) is 37.5 Å². The molecule has 0 saturated heterocycles. The van der Waals surface area contributed by atoms with Crippen LogP contribution >= 0.6 is 0 Å². The van der Waals surface area contributed by atoms with E-state index in [0.29, 0.717) is 0 Å². The molecule has 3 aliphatic carbocycles. The molecule has 12 heteroatoms. The lowest BCUT2D eigenvalue weighted by Crippen LogP contribution is -2.30. The number of aliphatic hydroxyl groups is 6. The Morgan fingerprint density at radius 3 is 0.603 bits per heavy atom. The number of carbonyl (C=O) groups is 3. The van der Waals surface area contributed by atoms with Gasteiger partial charge in [-0.15, -0.1) is 0 Å². The average Bonchev–Trinajstić information content (AvgIpc) is 3.24. The first-order valence-corrected chi connectivity index (χ1v) is 21.9. The summed E-state index contributed by atoms with van der Waals surface area (Å²) < 4.78 is 0. The number of hydrogen-bond donors (Lipinski definition) is 9. The minimum absolute atomic E-state index is 0.156. The van der Waals surface area contributed by atoms with E-state index in [9.17, 15) is 45.0 Å². The summed E-state index contributed by atoms with van der Waals surface area (Å²) in [6, 6.07) is 0. The normalized spacial score (nSPS) is 19.6. The van der Waals surface area contributed by atoms with Crippen molar-refractivity contribution in [3.63, 3.8) is 0 Å². The third-order valence-corrected chi connectivity index (χ3v) is 11.5. The van der Waals surface area contributed by atoms with E-state index in [1.165, 1.54) is 142 Å². The van der Waals surface area contributed by atoms with E-state index in [1.54, 1.807) is 0 Å². The van der Waals surface area contributed by atoms with Crippen LogP contribution in [0.1, 0.15) is 180 Å². The van der Waals surface area contributed by atoms with Crippen molar-refractivity contribution in [2.75, 3.05) is 39.6 Å². The molecule has 0 heterocycles. The summed E-state index contributed by atoms with van der Waals surface area (Å²) in [5.41, 5.74) is -0.332. The third kappa shape index (κ3) is 34.3. The topological polar surface area (TPSA) is 233 Å². The minimum Gasteiger partial charge on any atom is -0.478 e. The number of carboxylic acid groups (broad SMARTS) is 3. The maximum absolute atomic E-state index is 9.60. The van der Waals surface area contributed by atoms with E-state index >= 15 is 0 Å². The number of rotatable bonds is 9. The second-order valence-corrected chi connectivity index (χ2v) is 16.5. The van der Waals surface area contributed by atoms with Gasteiger partial charge < -0.3 is 46.0 Å².